The minimum Gasteiger partial charge on any atom is -0.334 e. The van der Waals surface area contributed by atoms with Gasteiger partial charge in [-0.2, -0.15) is 0 Å². The maximum Gasteiger partial charge on any atom is 0.319 e. The van der Waals surface area contributed by atoms with E-state index >= 15 is 0 Å². The molecule has 0 atom stereocenters. The summed E-state index contributed by atoms with van der Waals surface area (Å²) in [6.07, 6.45) is 3.51. The van der Waals surface area contributed by atoms with Crippen LogP contribution in [0.1, 0.15) is 11.1 Å². The number of anilines is 1. The number of urea groups is 1. The number of pyridine rings is 1. The summed E-state index contributed by atoms with van der Waals surface area (Å²) in [5, 5.41) is 5.37. The van der Waals surface area contributed by atoms with Crippen LogP contribution in [0.4, 0.5) is 10.5 Å². The number of sulfonamides is 1. The molecule has 2 amide bonds. The normalized spacial score (nSPS) is 11.9. The van der Waals surface area contributed by atoms with Crippen molar-refractivity contribution in [1.29, 1.82) is 0 Å². The number of sulfone groups is 1. The Kier molecular flexibility index (Phi) is 8.02. The van der Waals surface area contributed by atoms with Crippen LogP contribution in [0.25, 0.3) is 0 Å². The molecular weight excluding hydrogens is 476 g/mol. The van der Waals surface area contributed by atoms with E-state index < -0.39 is 25.9 Å². The number of carbonyl (C=O) groups excluding carboxylic acids is 1. The van der Waals surface area contributed by atoms with Crippen molar-refractivity contribution in [1.82, 2.24) is 14.6 Å². The number of aryl methyl sites for hydroxylation is 1. The highest BCUT2D eigenvalue weighted by molar-refractivity contribution is 7.91. The molecule has 34 heavy (non-hydrogen) atoms. The first-order valence-electron chi connectivity index (χ1n) is 10.4. The van der Waals surface area contributed by atoms with Crippen LogP contribution in [-0.4, -0.2) is 52.0 Å². The Bertz CT molecular complexity index is 1320. The Morgan fingerprint density at radius 3 is 2.00 bits per heavy atom. The Morgan fingerprint density at radius 1 is 0.824 bits per heavy atom. The highest BCUT2D eigenvalue weighted by Crippen LogP contribution is 2.18. The first-order chi connectivity index (χ1) is 16.1. The summed E-state index contributed by atoms with van der Waals surface area (Å²) in [6.45, 7) is 0.336. The molecule has 0 aliphatic heterocycles. The number of aromatic nitrogens is 1. The van der Waals surface area contributed by atoms with Gasteiger partial charge in [0.1, 0.15) is 0 Å². The average Bonchev–Trinajstić information content (AvgIpc) is 2.83. The lowest BCUT2D eigenvalue weighted by atomic mass is 10.2. The van der Waals surface area contributed by atoms with Crippen molar-refractivity contribution in [3.63, 3.8) is 0 Å². The number of nitrogens with zero attached hydrogens (tertiary/aromatic N) is 2. The minimum absolute atomic E-state index is 0.133. The summed E-state index contributed by atoms with van der Waals surface area (Å²) >= 11 is 0. The lowest BCUT2D eigenvalue weighted by Gasteiger charge is -2.12. The van der Waals surface area contributed by atoms with E-state index in [2.05, 4.69) is 15.6 Å². The van der Waals surface area contributed by atoms with E-state index in [1.54, 1.807) is 36.7 Å². The fraction of sp³-hybridized carbons (Fsp3) is 0.217. The van der Waals surface area contributed by atoms with Gasteiger partial charge < -0.3 is 10.6 Å². The predicted molar refractivity (Wildman–Crippen MR) is 130 cm³/mol. The standard InChI is InChI=1S/C23H26N4O5S2/c1-27(2)34(31,32)22-7-3-18(4-8-22)13-16-33(29,30)21-9-5-20(6-10-21)26-23(28)25-17-19-11-14-24-15-12-19/h3-12,14-15H,13,16-17H2,1-2H3,(H2,25,26,28). The zero-order valence-electron chi connectivity index (χ0n) is 18.8. The van der Waals surface area contributed by atoms with Crippen molar-refractivity contribution in [3.8, 4) is 0 Å². The van der Waals surface area contributed by atoms with Crippen LogP contribution in [0.3, 0.4) is 0 Å². The van der Waals surface area contributed by atoms with Crippen molar-refractivity contribution >= 4 is 31.6 Å². The van der Waals surface area contributed by atoms with Gasteiger partial charge in [-0.25, -0.2) is 25.9 Å². The second kappa shape index (κ2) is 10.8. The minimum atomic E-state index is -3.56. The third-order valence-electron chi connectivity index (χ3n) is 5.04. The number of amides is 2. The third-order valence-corrected chi connectivity index (χ3v) is 8.60. The van der Waals surface area contributed by atoms with Crippen molar-refractivity contribution in [2.75, 3.05) is 25.2 Å². The number of hydrogen-bond acceptors (Lipinski definition) is 6. The van der Waals surface area contributed by atoms with Crippen LogP contribution in [0.2, 0.25) is 0 Å². The number of carbonyl (C=O) groups is 1. The second-order valence-electron chi connectivity index (χ2n) is 7.69. The molecule has 2 N–H and O–H groups in total. The van der Waals surface area contributed by atoms with Crippen LogP contribution < -0.4 is 10.6 Å². The molecule has 9 nitrogen and oxygen atoms in total. The molecule has 0 spiro atoms. The molecule has 1 heterocycles. The van der Waals surface area contributed by atoms with Gasteiger partial charge in [0.2, 0.25) is 10.0 Å². The molecule has 0 bridgehead atoms. The molecule has 0 saturated carbocycles. The average molecular weight is 503 g/mol. The zero-order valence-corrected chi connectivity index (χ0v) is 20.4. The highest BCUT2D eigenvalue weighted by atomic mass is 32.2. The zero-order chi connectivity index (χ0) is 24.8. The quantitative estimate of drug-likeness (QED) is 0.463. The van der Waals surface area contributed by atoms with Crippen LogP contribution in [0, 0.1) is 0 Å². The Hall–Kier alpha value is -3.28. The topological polar surface area (TPSA) is 126 Å². The van der Waals surface area contributed by atoms with Gasteiger partial charge in [-0.15, -0.1) is 0 Å². The van der Waals surface area contributed by atoms with Crippen molar-refractivity contribution in [2.24, 2.45) is 0 Å². The molecule has 180 valence electrons. The summed E-state index contributed by atoms with van der Waals surface area (Å²) in [5.41, 5.74) is 2.08. The lowest BCUT2D eigenvalue weighted by molar-refractivity contribution is 0.251. The number of nitrogens with one attached hydrogen (secondary N) is 2. The van der Waals surface area contributed by atoms with Gasteiger partial charge in [-0.05, 0) is 66.1 Å². The maximum absolute atomic E-state index is 12.7. The van der Waals surface area contributed by atoms with Crippen LogP contribution in [0.5, 0.6) is 0 Å². The van der Waals surface area contributed by atoms with Crippen molar-refractivity contribution < 1.29 is 21.6 Å². The van der Waals surface area contributed by atoms with Gasteiger partial charge in [-0.3, -0.25) is 4.98 Å². The SMILES string of the molecule is CN(C)S(=O)(=O)c1ccc(CCS(=O)(=O)c2ccc(NC(=O)NCc3ccncc3)cc2)cc1. The molecule has 11 heteroatoms. The predicted octanol–water partition coefficient (Wildman–Crippen LogP) is 2.67. The monoisotopic (exact) mass is 502 g/mol. The summed E-state index contributed by atoms with van der Waals surface area (Å²) in [5.74, 6) is -0.133. The largest absolute Gasteiger partial charge is 0.334 e. The molecule has 0 saturated heterocycles. The first-order valence-corrected chi connectivity index (χ1v) is 13.5. The fourth-order valence-corrected chi connectivity index (χ4v) is 5.21. The molecule has 3 rings (SSSR count). The van der Waals surface area contributed by atoms with E-state index in [4.69, 9.17) is 0 Å². The molecule has 0 fully saturated rings. The number of benzene rings is 2. The summed E-state index contributed by atoms with van der Waals surface area (Å²) < 4.78 is 50.8. The molecular formula is C23H26N4O5S2. The van der Waals surface area contributed by atoms with Crippen LogP contribution >= 0.6 is 0 Å². The molecule has 2 aromatic carbocycles. The Balaban J connectivity index is 1.55. The number of hydrogen-bond donors (Lipinski definition) is 2. The van der Waals surface area contributed by atoms with Gasteiger partial charge >= 0.3 is 6.03 Å². The summed E-state index contributed by atoms with van der Waals surface area (Å²) in [4.78, 5) is 16.3. The Morgan fingerprint density at radius 2 is 1.41 bits per heavy atom. The van der Waals surface area contributed by atoms with Gasteiger partial charge in [0.15, 0.2) is 9.84 Å². The van der Waals surface area contributed by atoms with Crippen molar-refractivity contribution in [2.45, 2.75) is 22.8 Å². The summed E-state index contributed by atoms with van der Waals surface area (Å²) in [6, 6.07) is 15.3. The van der Waals surface area contributed by atoms with E-state index in [9.17, 15) is 21.6 Å². The van der Waals surface area contributed by atoms with Crippen LogP contribution in [-0.2, 0) is 32.8 Å². The molecule has 0 aliphatic rings. The molecule has 0 aliphatic carbocycles. The summed E-state index contributed by atoms with van der Waals surface area (Å²) in [7, 11) is -4.20. The van der Waals surface area contributed by atoms with Gasteiger partial charge in [-0.1, -0.05) is 12.1 Å². The van der Waals surface area contributed by atoms with Crippen molar-refractivity contribution in [3.05, 3.63) is 84.2 Å². The van der Waals surface area contributed by atoms with Gasteiger partial charge in [0.05, 0.1) is 15.5 Å². The van der Waals surface area contributed by atoms with E-state index in [1.165, 1.54) is 50.5 Å². The molecule has 1 aromatic heterocycles. The second-order valence-corrected chi connectivity index (χ2v) is 11.9. The van der Waals surface area contributed by atoms with Crippen LogP contribution in [0.15, 0.2) is 82.8 Å². The molecule has 0 radical (unpaired) electrons. The Labute approximate surface area is 199 Å². The van der Waals surface area contributed by atoms with Gasteiger partial charge in [0.25, 0.3) is 0 Å². The third kappa shape index (κ3) is 6.62. The fourth-order valence-electron chi connectivity index (χ4n) is 3.01. The lowest BCUT2D eigenvalue weighted by Crippen LogP contribution is -2.28. The van der Waals surface area contributed by atoms with E-state index in [-0.39, 0.29) is 22.0 Å². The van der Waals surface area contributed by atoms with E-state index in [0.29, 0.717) is 17.8 Å². The first kappa shape index (κ1) is 25.3. The van der Waals surface area contributed by atoms with Gasteiger partial charge in [0, 0.05) is 38.7 Å². The highest BCUT2D eigenvalue weighted by Gasteiger charge is 2.18. The molecule has 3 aromatic rings. The maximum atomic E-state index is 12.7. The molecule has 0 unspecified atom stereocenters. The number of rotatable bonds is 9. The van der Waals surface area contributed by atoms with E-state index in [1.807, 2.05) is 0 Å². The van der Waals surface area contributed by atoms with E-state index in [0.717, 1.165) is 9.87 Å². The smallest absolute Gasteiger partial charge is 0.319 e.